The molecule has 1 N–H and O–H groups in total. The highest BCUT2D eigenvalue weighted by Gasteiger charge is 2.36. The second kappa shape index (κ2) is 3.30. The van der Waals surface area contributed by atoms with Gasteiger partial charge in [0, 0.05) is 17.2 Å². The monoisotopic (exact) mass is 224 g/mol. The van der Waals surface area contributed by atoms with Crippen molar-refractivity contribution in [2.45, 2.75) is 24.7 Å². The van der Waals surface area contributed by atoms with E-state index in [1.165, 1.54) is 30.0 Å². The van der Waals surface area contributed by atoms with Gasteiger partial charge in [0.15, 0.2) is 0 Å². The molecule has 17 heavy (non-hydrogen) atoms. The summed E-state index contributed by atoms with van der Waals surface area (Å²) in [7, 11) is 0. The molecule has 1 aliphatic carbocycles. The minimum Gasteiger partial charge on any atom is -0.317 e. The molecule has 0 bridgehead atoms. The Bertz CT molecular complexity index is 619. The summed E-state index contributed by atoms with van der Waals surface area (Å²) in [6.45, 7) is 2.31. The van der Waals surface area contributed by atoms with Crippen LogP contribution in [0.1, 0.15) is 30.4 Å². The van der Waals surface area contributed by atoms with Crippen LogP contribution in [-0.2, 0) is 5.41 Å². The van der Waals surface area contributed by atoms with Gasteiger partial charge in [0.1, 0.15) is 0 Å². The van der Waals surface area contributed by atoms with Crippen LogP contribution in [0.5, 0.6) is 0 Å². The van der Waals surface area contributed by atoms with Crippen molar-refractivity contribution in [3.63, 3.8) is 0 Å². The molecule has 3 aliphatic rings. The molecule has 0 atom stereocenters. The second-order valence-corrected chi connectivity index (χ2v) is 5.38. The second-order valence-electron chi connectivity index (χ2n) is 5.38. The summed E-state index contributed by atoms with van der Waals surface area (Å²) >= 11 is 0. The van der Waals surface area contributed by atoms with Crippen molar-refractivity contribution in [1.82, 2.24) is 5.32 Å². The lowest BCUT2D eigenvalue weighted by molar-refractivity contribution is 0.321. The Morgan fingerprint density at radius 3 is 2.94 bits per heavy atom. The summed E-state index contributed by atoms with van der Waals surface area (Å²) in [5.74, 6) is 0. The van der Waals surface area contributed by atoms with Gasteiger partial charge in [0.25, 0.3) is 0 Å². The normalized spacial score (nSPS) is 23.1. The molecule has 0 radical (unpaired) electrons. The molecule has 2 aliphatic heterocycles. The predicted molar refractivity (Wildman–Crippen MR) is 69.1 cm³/mol. The average molecular weight is 224 g/mol. The van der Waals surface area contributed by atoms with E-state index in [1.807, 2.05) is 6.20 Å². The van der Waals surface area contributed by atoms with Gasteiger partial charge >= 0.3 is 0 Å². The lowest BCUT2D eigenvalue weighted by atomic mass is 9.73. The Balaban J connectivity index is 1.91. The van der Waals surface area contributed by atoms with Crippen LogP contribution in [0.25, 0.3) is 12.2 Å². The summed E-state index contributed by atoms with van der Waals surface area (Å²) in [6, 6.07) is 4.65. The first-order chi connectivity index (χ1) is 8.37. The van der Waals surface area contributed by atoms with Crippen LogP contribution in [0.15, 0.2) is 23.3 Å². The van der Waals surface area contributed by atoms with Gasteiger partial charge in [-0.25, -0.2) is 0 Å². The summed E-state index contributed by atoms with van der Waals surface area (Å²) in [5, 5.41) is 6.08. The van der Waals surface area contributed by atoms with Crippen molar-refractivity contribution in [1.29, 1.82) is 0 Å². The Hall–Kier alpha value is -1.41. The maximum Gasteiger partial charge on any atom is 0.0705 e. The van der Waals surface area contributed by atoms with Crippen LogP contribution >= 0.6 is 0 Å². The molecule has 1 saturated heterocycles. The zero-order chi connectivity index (χ0) is 11.3. The highest BCUT2D eigenvalue weighted by Crippen LogP contribution is 2.38. The van der Waals surface area contributed by atoms with Gasteiger partial charge < -0.3 is 5.32 Å². The number of hydrogen-bond acceptors (Lipinski definition) is 2. The lowest BCUT2D eigenvalue weighted by Gasteiger charge is -2.35. The fourth-order valence-corrected chi connectivity index (χ4v) is 3.49. The number of piperidine rings is 1. The topological polar surface area (TPSA) is 24.4 Å². The van der Waals surface area contributed by atoms with Crippen LogP contribution in [-0.4, -0.2) is 13.1 Å². The zero-order valence-electron chi connectivity index (χ0n) is 9.87. The van der Waals surface area contributed by atoms with E-state index in [0.717, 1.165) is 18.4 Å². The van der Waals surface area contributed by atoms with Gasteiger partial charge in [-0.05, 0) is 61.3 Å². The summed E-state index contributed by atoms with van der Waals surface area (Å²) in [4.78, 5) is 4.44. The highest BCUT2D eigenvalue weighted by molar-refractivity contribution is 5.56. The van der Waals surface area contributed by atoms with E-state index in [-0.39, 0.29) is 0 Å². The van der Waals surface area contributed by atoms with E-state index in [4.69, 9.17) is 0 Å². The third-order valence-corrected chi connectivity index (χ3v) is 4.51. The highest BCUT2D eigenvalue weighted by atomic mass is 14.9. The van der Waals surface area contributed by atoms with Crippen LogP contribution in [0.3, 0.4) is 0 Å². The van der Waals surface area contributed by atoms with Crippen LogP contribution < -0.4 is 15.9 Å². The van der Waals surface area contributed by atoms with Gasteiger partial charge in [-0.3, -0.25) is 4.99 Å². The molecule has 2 heterocycles. The number of nitrogens with zero attached hydrogens (tertiary/aromatic N) is 1. The third kappa shape index (κ3) is 1.27. The molecule has 86 valence electrons. The van der Waals surface area contributed by atoms with E-state index >= 15 is 0 Å². The fraction of sp³-hybridized carbons (Fsp3) is 0.400. The average Bonchev–Trinajstić information content (AvgIpc) is 2.94. The summed E-state index contributed by atoms with van der Waals surface area (Å²) < 4.78 is 0. The molecule has 1 aromatic carbocycles. The van der Waals surface area contributed by atoms with Crippen molar-refractivity contribution in [2.75, 3.05) is 13.1 Å². The van der Waals surface area contributed by atoms with Crippen molar-refractivity contribution in [2.24, 2.45) is 4.99 Å². The summed E-state index contributed by atoms with van der Waals surface area (Å²) in [5.41, 5.74) is 3.24. The number of nitrogens with one attached hydrogen (secondary N) is 1. The first-order valence-electron chi connectivity index (χ1n) is 6.47. The predicted octanol–water partition coefficient (Wildman–Crippen LogP) is 1.10. The van der Waals surface area contributed by atoms with Crippen LogP contribution in [0.4, 0.5) is 0 Å². The molecule has 1 aromatic rings. The van der Waals surface area contributed by atoms with E-state index in [9.17, 15) is 0 Å². The van der Waals surface area contributed by atoms with Gasteiger partial charge in [-0.15, -0.1) is 0 Å². The smallest absolute Gasteiger partial charge is 0.0705 e. The van der Waals surface area contributed by atoms with Crippen molar-refractivity contribution < 1.29 is 0 Å². The fourth-order valence-electron chi connectivity index (χ4n) is 3.49. The summed E-state index contributed by atoms with van der Waals surface area (Å²) in [6.07, 6.45) is 10.2. The van der Waals surface area contributed by atoms with Gasteiger partial charge in [-0.1, -0.05) is 6.08 Å². The molecular formula is C15H16N2. The first-order valence-corrected chi connectivity index (χ1v) is 6.47. The largest absolute Gasteiger partial charge is 0.317 e. The molecule has 2 nitrogen and oxygen atoms in total. The molecule has 2 heteroatoms. The Morgan fingerprint density at radius 2 is 2.06 bits per heavy atom. The maximum atomic E-state index is 4.44. The van der Waals surface area contributed by atoms with E-state index in [0.29, 0.717) is 5.41 Å². The Labute approximate surface area is 101 Å². The standard InChI is InChI=1S/C15H16N2/c1-3-15(4-7-16-8-5-15)13-10-14-12(2-6-17-14)9-11(1)13/h1-2,6,9-10,16H,3-5,7-8H2. The van der Waals surface area contributed by atoms with Gasteiger partial charge in [0.05, 0.1) is 5.36 Å². The minimum atomic E-state index is 0.410. The minimum absolute atomic E-state index is 0.410. The molecule has 1 fully saturated rings. The van der Waals surface area contributed by atoms with E-state index in [1.54, 1.807) is 5.56 Å². The van der Waals surface area contributed by atoms with Crippen molar-refractivity contribution in [3.05, 3.63) is 40.0 Å². The molecular weight excluding hydrogens is 208 g/mol. The van der Waals surface area contributed by atoms with Crippen molar-refractivity contribution >= 4 is 12.2 Å². The third-order valence-electron chi connectivity index (χ3n) is 4.51. The molecule has 0 aromatic heterocycles. The van der Waals surface area contributed by atoms with Gasteiger partial charge in [-0.2, -0.15) is 0 Å². The number of fused-ring (bicyclic) bond motifs is 3. The maximum absolute atomic E-state index is 4.44. The number of rotatable bonds is 0. The molecule has 4 rings (SSSR count). The van der Waals surface area contributed by atoms with Crippen LogP contribution in [0.2, 0.25) is 0 Å². The quantitative estimate of drug-likeness (QED) is 0.701. The Kier molecular flexibility index (Phi) is 1.86. The number of hydrogen-bond donors (Lipinski definition) is 1. The van der Waals surface area contributed by atoms with Crippen LogP contribution in [0, 0.1) is 0 Å². The SMILES string of the molecule is C1=Cc2cc3c(cc2=N1)C1(CC=3)CCNCC1. The first kappa shape index (κ1) is 9.60. The number of benzene rings is 1. The zero-order valence-corrected chi connectivity index (χ0v) is 9.87. The molecule has 1 spiro atoms. The van der Waals surface area contributed by atoms with Crippen molar-refractivity contribution in [3.8, 4) is 0 Å². The molecule has 0 amide bonds. The van der Waals surface area contributed by atoms with Gasteiger partial charge in [0.2, 0.25) is 0 Å². The lowest BCUT2D eigenvalue weighted by Crippen LogP contribution is -2.40. The molecule has 0 saturated carbocycles. The Morgan fingerprint density at radius 1 is 1.18 bits per heavy atom. The van der Waals surface area contributed by atoms with E-state index < -0.39 is 0 Å². The van der Waals surface area contributed by atoms with E-state index in [2.05, 4.69) is 34.6 Å². The molecule has 0 unspecified atom stereocenters.